The first-order valence-electron chi connectivity index (χ1n) is 9.30. The second kappa shape index (κ2) is 6.67. The number of aliphatic hydroxyl groups excluding tert-OH is 1. The van der Waals surface area contributed by atoms with Gasteiger partial charge >= 0.3 is 6.18 Å². The second-order valence-corrected chi connectivity index (χ2v) is 7.80. The summed E-state index contributed by atoms with van der Waals surface area (Å²) in [6.07, 6.45) is -6.62. The first-order valence-corrected chi connectivity index (χ1v) is 9.30. The molecular formula is C18H19F5N4O2. The van der Waals surface area contributed by atoms with Gasteiger partial charge in [-0.2, -0.15) is 13.2 Å². The number of anilines is 2. The third-order valence-electron chi connectivity index (χ3n) is 5.87. The molecule has 29 heavy (non-hydrogen) atoms. The van der Waals surface area contributed by atoms with Crippen molar-refractivity contribution in [2.24, 2.45) is 5.92 Å². The summed E-state index contributed by atoms with van der Waals surface area (Å²) in [6, 6.07) is -1.84. The van der Waals surface area contributed by atoms with E-state index in [9.17, 15) is 22.0 Å². The van der Waals surface area contributed by atoms with Crippen LogP contribution in [0.4, 0.5) is 39.3 Å². The number of rotatable bonds is 4. The van der Waals surface area contributed by atoms with E-state index in [2.05, 4.69) is 9.83 Å². The molecule has 0 aromatic carbocycles. The summed E-state index contributed by atoms with van der Waals surface area (Å²) in [4.78, 5) is 10.0. The van der Waals surface area contributed by atoms with Gasteiger partial charge < -0.3 is 20.0 Å². The van der Waals surface area contributed by atoms with Crippen molar-refractivity contribution in [3.63, 3.8) is 0 Å². The second-order valence-electron chi connectivity index (χ2n) is 7.80. The summed E-state index contributed by atoms with van der Waals surface area (Å²) in [6.45, 7) is 8.02. The minimum atomic E-state index is -4.54. The molecule has 3 aliphatic rings. The summed E-state index contributed by atoms with van der Waals surface area (Å²) < 4.78 is 69.0. The van der Waals surface area contributed by atoms with Gasteiger partial charge in [-0.15, -0.1) is 0 Å². The van der Waals surface area contributed by atoms with Crippen LogP contribution >= 0.6 is 0 Å². The third kappa shape index (κ3) is 3.28. The van der Waals surface area contributed by atoms with Crippen LogP contribution in [-0.2, 0) is 12.3 Å². The maximum Gasteiger partial charge on any atom is 0.408 e. The van der Waals surface area contributed by atoms with Crippen molar-refractivity contribution in [1.82, 2.24) is 4.98 Å². The Morgan fingerprint density at radius 1 is 1.24 bits per heavy atom. The minimum Gasteiger partial charge on any atom is -0.368 e. The number of alkyl halides is 5. The van der Waals surface area contributed by atoms with Crippen molar-refractivity contribution in [1.29, 1.82) is 0 Å². The van der Waals surface area contributed by atoms with Gasteiger partial charge in [0.05, 0.1) is 6.57 Å². The fourth-order valence-corrected chi connectivity index (χ4v) is 4.36. The number of pyridine rings is 1. The van der Waals surface area contributed by atoms with Crippen LogP contribution in [-0.4, -0.2) is 53.3 Å². The number of aliphatic hydroxyl groups is 2. The Balaban J connectivity index is 1.76. The predicted molar refractivity (Wildman–Crippen MR) is 93.1 cm³/mol. The number of hydrogen-bond acceptors (Lipinski definition) is 5. The standard InChI is InChI=1S/C18H19F5N4O2/c1-24-14-13-10(2-4-17(13,19)20)15(26-7-9(8-26)6-12(28)29)25-16(14)27-5-3-11(27)18(21,22)23/h9,11-12,28-29H,2-8H2/t11-/m0/s1. The van der Waals surface area contributed by atoms with Crippen LogP contribution in [0.1, 0.15) is 30.4 Å². The molecule has 2 fully saturated rings. The van der Waals surface area contributed by atoms with E-state index in [0.717, 1.165) is 4.90 Å². The fraction of sp³-hybridized carbons (Fsp3) is 0.667. The molecule has 11 heteroatoms. The first kappa shape index (κ1) is 20.1. The largest absolute Gasteiger partial charge is 0.408 e. The van der Waals surface area contributed by atoms with E-state index >= 15 is 0 Å². The van der Waals surface area contributed by atoms with E-state index in [0.29, 0.717) is 13.1 Å². The molecule has 0 unspecified atom stereocenters. The lowest BCUT2D eigenvalue weighted by Crippen LogP contribution is -2.56. The van der Waals surface area contributed by atoms with Gasteiger partial charge in [-0.25, -0.2) is 18.6 Å². The zero-order valence-corrected chi connectivity index (χ0v) is 15.3. The van der Waals surface area contributed by atoms with Crippen LogP contribution in [0.15, 0.2) is 0 Å². The lowest BCUT2D eigenvalue weighted by atomic mass is 9.94. The van der Waals surface area contributed by atoms with Crippen LogP contribution in [0.5, 0.6) is 0 Å². The number of hydrogen-bond donors (Lipinski definition) is 2. The summed E-state index contributed by atoms with van der Waals surface area (Å²) >= 11 is 0. The van der Waals surface area contributed by atoms with Gasteiger partial charge in [-0.3, -0.25) is 0 Å². The van der Waals surface area contributed by atoms with Gasteiger partial charge in [-0.05, 0) is 24.3 Å². The summed E-state index contributed by atoms with van der Waals surface area (Å²) in [5.41, 5.74) is -0.800. The molecule has 1 aliphatic carbocycles. The van der Waals surface area contributed by atoms with Crippen molar-refractivity contribution in [2.45, 2.75) is 50.1 Å². The lowest BCUT2D eigenvalue weighted by Gasteiger charge is -2.45. The summed E-state index contributed by atoms with van der Waals surface area (Å²) in [7, 11) is 0. The Labute approximate surface area is 163 Å². The quantitative estimate of drug-likeness (QED) is 0.447. The van der Waals surface area contributed by atoms with Gasteiger partial charge in [0.1, 0.15) is 17.7 Å². The van der Waals surface area contributed by atoms with E-state index < -0.39 is 42.1 Å². The molecule has 0 radical (unpaired) electrons. The average molecular weight is 418 g/mol. The van der Waals surface area contributed by atoms with Gasteiger partial charge in [-0.1, -0.05) is 0 Å². The highest BCUT2D eigenvalue weighted by Crippen LogP contribution is 2.54. The topological polar surface area (TPSA) is 64.2 Å². The highest BCUT2D eigenvalue weighted by molar-refractivity contribution is 5.80. The SMILES string of the molecule is [C-]#[N+]c1c(N2CC[C@H]2C(F)(F)F)nc(N2CC(CC(O)O)C2)c2c1C(F)(F)CC2. The summed E-state index contributed by atoms with van der Waals surface area (Å²) in [5.74, 6) is -3.54. The molecule has 0 amide bonds. The molecule has 0 spiro atoms. The van der Waals surface area contributed by atoms with Crippen molar-refractivity contribution in [3.05, 3.63) is 22.5 Å². The number of fused-ring (bicyclic) bond motifs is 1. The van der Waals surface area contributed by atoms with Gasteiger partial charge in [0.25, 0.3) is 5.92 Å². The molecule has 1 aromatic rings. The van der Waals surface area contributed by atoms with Gasteiger partial charge in [0.15, 0.2) is 6.29 Å². The maximum absolute atomic E-state index is 14.6. The van der Waals surface area contributed by atoms with Crippen molar-refractivity contribution in [3.8, 4) is 0 Å². The van der Waals surface area contributed by atoms with E-state index in [-0.39, 0.29) is 48.9 Å². The zero-order valence-electron chi connectivity index (χ0n) is 15.3. The molecule has 2 aliphatic heterocycles. The van der Waals surface area contributed by atoms with E-state index in [4.69, 9.17) is 16.8 Å². The monoisotopic (exact) mass is 418 g/mol. The highest BCUT2D eigenvalue weighted by atomic mass is 19.4. The van der Waals surface area contributed by atoms with E-state index in [1.807, 2.05) is 0 Å². The molecule has 0 saturated carbocycles. The normalized spacial score (nSPS) is 23.6. The summed E-state index contributed by atoms with van der Waals surface area (Å²) in [5, 5.41) is 18.1. The molecular weight excluding hydrogens is 399 g/mol. The zero-order chi connectivity index (χ0) is 21.1. The Morgan fingerprint density at radius 3 is 2.45 bits per heavy atom. The van der Waals surface area contributed by atoms with E-state index in [1.54, 1.807) is 4.90 Å². The molecule has 6 nitrogen and oxygen atoms in total. The number of nitrogens with zero attached hydrogens (tertiary/aromatic N) is 4. The smallest absolute Gasteiger partial charge is 0.368 e. The van der Waals surface area contributed by atoms with Crippen molar-refractivity contribution in [2.75, 3.05) is 29.4 Å². The van der Waals surface area contributed by atoms with Crippen LogP contribution < -0.4 is 9.80 Å². The molecule has 4 rings (SSSR count). The highest BCUT2D eigenvalue weighted by Gasteiger charge is 2.52. The molecule has 2 saturated heterocycles. The van der Waals surface area contributed by atoms with Crippen LogP contribution in [0.2, 0.25) is 0 Å². The van der Waals surface area contributed by atoms with Crippen LogP contribution in [0, 0.1) is 12.5 Å². The molecule has 1 atom stereocenters. The lowest BCUT2D eigenvalue weighted by molar-refractivity contribution is -0.159. The van der Waals surface area contributed by atoms with Crippen molar-refractivity contribution >= 4 is 17.3 Å². The van der Waals surface area contributed by atoms with Gasteiger partial charge in [0, 0.05) is 38.0 Å². The first-order chi connectivity index (χ1) is 13.5. The fourth-order valence-electron chi connectivity index (χ4n) is 4.36. The van der Waals surface area contributed by atoms with Gasteiger partial charge in [0.2, 0.25) is 5.69 Å². The number of halogens is 5. The number of aromatic nitrogens is 1. The minimum absolute atomic E-state index is 0.0111. The van der Waals surface area contributed by atoms with Crippen LogP contribution in [0.25, 0.3) is 4.85 Å². The molecule has 2 N–H and O–H groups in total. The Kier molecular flexibility index (Phi) is 4.62. The Morgan fingerprint density at radius 2 is 1.93 bits per heavy atom. The van der Waals surface area contributed by atoms with Crippen LogP contribution in [0.3, 0.4) is 0 Å². The predicted octanol–water partition coefficient (Wildman–Crippen LogP) is 2.95. The van der Waals surface area contributed by atoms with E-state index in [1.165, 1.54) is 0 Å². The molecule has 158 valence electrons. The Hall–Kier alpha value is -2.19. The van der Waals surface area contributed by atoms with Crippen molar-refractivity contribution < 1.29 is 32.2 Å². The molecule has 0 bridgehead atoms. The maximum atomic E-state index is 14.6. The Bertz CT molecular complexity index is 861. The molecule has 3 heterocycles. The molecule has 1 aromatic heterocycles. The average Bonchev–Trinajstić information content (AvgIpc) is 2.83. The third-order valence-corrected chi connectivity index (χ3v) is 5.87.